The molecule has 1 aliphatic rings. The molecule has 0 amide bonds. The minimum atomic E-state index is -2.10. The molecule has 6 heteroatoms. The number of thioether (sulfide) groups is 1. The number of rotatable bonds is 10. The molecule has 0 radical (unpaired) electrons. The van der Waals surface area contributed by atoms with Crippen molar-refractivity contribution in [2.75, 3.05) is 18.9 Å². The molecule has 1 saturated heterocycles. The van der Waals surface area contributed by atoms with Gasteiger partial charge in [-0.1, -0.05) is 51.3 Å². The Balaban J connectivity index is 2.07. The summed E-state index contributed by atoms with van der Waals surface area (Å²) in [6.45, 7) is 8.24. The van der Waals surface area contributed by atoms with Crippen molar-refractivity contribution in [2.24, 2.45) is 5.92 Å². The quantitative estimate of drug-likeness (QED) is 0.453. The number of hydroxylamine groups is 1. The minimum Gasteiger partial charge on any atom is -0.394 e. The molecule has 0 spiro atoms. The van der Waals surface area contributed by atoms with Gasteiger partial charge in [-0.3, -0.25) is 4.79 Å². The fourth-order valence-corrected chi connectivity index (χ4v) is 5.72. The van der Waals surface area contributed by atoms with E-state index in [9.17, 15) is 4.79 Å². The lowest BCUT2D eigenvalue weighted by atomic mass is 10.1. The second kappa shape index (κ2) is 12.5. The fourth-order valence-electron chi connectivity index (χ4n) is 2.59. The van der Waals surface area contributed by atoms with Gasteiger partial charge in [0.2, 0.25) is 0 Å². The summed E-state index contributed by atoms with van der Waals surface area (Å²) in [5, 5.41) is 0.347. The Labute approximate surface area is 147 Å². The van der Waals surface area contributed by atoms with Gasteiger partial charge in [-0.15, -0.1) is 0 Å². The lowest BCUT2D eigenvalue weighted by molar-refractivity contribution is -0.111. The molecular weight excluding hydrogens is 326 g/mol. The smallest absolute Gasteiger partial charge is 0.355 e. The normalized spacial score (nSPS) is 25.8. The monoisotopic (exact) mass is 361 g/mol. The van der Waals surface area contributed by atoms with E-state index in [1.54, 1.807) is 0 Å². The first-order valence-corrected chi connectivity index (χ1v) is 12.8. The van der Waals surface area contributed by atoms with Crippen LogP contribution in [0.1, 0.15) is 65.2 Å². The molecule has 1 heterocycles. The molecule has 1 rings (SSSR count). The average Bonchev–Trinajstić information content (AvgIpc) is 2.50. The Kier molecular flexibility index (Phi) is 11.5. The number of hydrogen-bond donors (Lipinski definition) is 1. The number of carbonyl (C=O) groups is 1. The van der Waals surface area contributed by atoms with Gasteiger partial charge < -0.3 is 8.95 Å². The van der Waals surface area contributed by atoms with E-state index in [4.69, 9.17) is 8.95 Å². The van der Waals surface area contributed by atoms with Crippen LogP contribution in [0.25, 0.3) is 0 Å². The largest absolute Gasteiger partial charge is 0.394 e. The van der Waals surface area contributed by atoms with E-state index in [-0.39, 0.29) is 0 Å². The summed E-state index contributed by atoms with van der Waals surface area (Å²) in [6.07, 6.45) is 8.86. The molecule has 0 aromatic rings. The highest BCUT2D eigenvalue weighted by atomic mass is 32.2. The van der Waals surface area contributed by atoms with Crippen LogP contribution in [0.4, 0.5) is 0 Å². The van der Waals surface area contributed by atoms with Crippen LogP contribution >= 0.6 is 11.8 Å². The van der Waals surface area contributed by atoms with E-state index in [2.05, 4.69) is 25.9 Å². The first-order valence-electron chi connectivity index (χ1n) is 9.26. The van der Waals surface area contributed by atoms with E-state index in [1.807, 2.05) is 0 Å². The standard InChI is InChI=1S/C17H35NO3SSi/c1-4-5-6-7-8-10-17(19)22-13-9-14-23(3)20-12-11-16(2)15-18-21-23/h16,18H,4-15H2,1-3H3. The van der Waals surface area contributed by atoms with E-state index >= 15 is 0 Å². The zero-order valence-corrected chi connectivity index (χ0v) is 17.0. The molecule has 1 fully saturated rings. The van der Waals surface area contributed by atoms with Crippen LogP contribution in [0.2, 0.25) is 12.6 Å². The van der Waals surface area contributed by atoms with Gasteiger partial charge in [-0.25, -0.2) is 5.48 Å². The Morgan fingerprint density at radius 3 is 2.83 bits per heavy atom. The fraction of sp³-hybridized carbons (Fsp3) is 0.941. The van der Waals surface area contributed by atoms with Crippen LogP contribution in [0, 0.1) is 5.92 Å². The van der Waals surface area contributed by atoms with Crippen molar-refractivity contribution in [1.82, 2.24) is 5.48 Å². The highest BCUT2D eigenvalue weighted by molar-refractivity contribution is 8.13. The van der Waals surface area contributed by atoms with Gasteiger partial charge in [0.05, 0.1) is 0 Å². The summed E-state index contributed by atoms with van der Waals surface area (Å²) in [4.78, 5) is 11.8. The van der Waals surface area contributed by atoms with Crippen molar-refractivity contribution in [3.8, 4) is 0 Å². The van der Waals surface area contributed by atoms with Crippen LogP contribution in [0.15, 0.2) is 0 Å². The molecule has 136 valence electrons. The maximum atomic E-state index is 11.8. The molecule has 0 aliphatic carbocycles. The molecule has 1 aliphatic heterocycles. The summed E-state index contributed by atoms with van der Waals surface area (Å²) in [7, 11) is -2.10. The molecule has 0 bridgehead atoms. The molecule has 1 N–H and O–H groups in total. The Morgan fingerprint density at radius 1 is 1.26 bits per heavy atom. The highest BCUT2D eigenvalue weighted by Gasteiger charge is 2.33. The average molecular weight is 362 g/mol. The van der Waals surface area contributed by atoms with Crippen molar-refractivity contribution < 1.29 is 13.7 Å². The number of hydrogen-bond acceptors (Lipinski definition) is 5. The van der Waals surface area contributed by atoms with Crippen molar-refractivity contribution in [1.29, 1.82) is 0 Å². The van der Waals surface area contributed by atoms with Gasteiger partial charge in [-0.2, -0.15) is 0 Å². The molecule has 2 atom stereocenters. The Morgan fingerprint density at radius 2 is 2.04 bits per heavy atom. The zero-order chi connectivity index (χ0) is 17.0. The van der Waals surface area contributed by atoms with Gasteiger partial charge in [0.15, 0.2) is 5.12 Å². The molecular formula is C17H35NO3SSi. The SMILES string of the molecule is CCCCCCCC(=O)SCCC[Si]1(C)OCCC(C)CNO1. The van der Waals surface area contributed by atoms with Crippen LogP contribution in [-0.4, -0.2) is 32.6 Å². The molecule has 4 nitrogen and oxygen atoms in total. The summed E-state index contributed by atoms with van der Waals surface area (Å²) < 4.78 is 11.8. The number of unbranched alkanes of at least 4 members (excludes halogenated alkanes) is 4. The van der Waals surface area contributed by atoms with Gasteiger partial charge in [0, 0.05) is 25.3 Å². The number of carbonyl (C=O) groups excluding carboxylic acids is 1. The maximum Gasteiger partial charge on any atom is 0.355 e. The van der Waals surface area contributed by atoms with E-state index < -0.39 is 8.56 Å². The van der Waals surface area contributed by atoms with Gasteiger partial charge in [-0.05, 0) is 37.8 Å². The van der Waals surface area contributed by atoms with Gasteiger partial charge >= 0.3 is 8.56 Å². The van der Waals surface area contributed by atoms with Crippen LogP contribution in [0.5, 0.6) is 0 Å². The van der Waals surface area contributed by atoms with Gasteiger partial charge in [0.1, 0.15) is 0 Å². The lowest BCUT2D eigenvalue weighted by Gasteiger charge is -2.30. The summed E-state index contributed by atoms with van der Waals surface area (Å²) in [6, 6.07) is 0.950. The summed E-state index contributed by atoms with van der Waals surface area (Å²) in [5.74, 6) is 1.48. The lowest BCUT2D eigenvalue weighted by Crippen LogP contribution is -2.46. The molecule has 23 heavy (non-hydrogen) atoms. The third kappa shape index (κ3) is 10.6. The topological polar surface area (TPSA) is 47.6 Å². The van der Waals surface area contributed by atoms with Crippen molar-refractivity contribution in [3.05, 3.63) is 0 Å². The zero-order valence-electron chi connectivity index (χ0n) is 15.2. The van der Waals surface area contributed by atoms with Crippen molar-refractivity contribution in [3.63, 3.8) is 0 Å². The highest BCUT2D eigenvalue weighted by Crippen LogP contribution is 2.21. The third-order valence-corrected chi connectivity index (χ3v) is 7.93. The van der Waals surface area contributed by atoms with E-state index in [0.29, 0.717) is 11.0 Å². The first-order chi connectivity index (χ1) is 11.1. The van der Waals surface area contributed by atoms with Crippen LogP contribution < -0.4 is 5.48 Å². The predicted octanol–water partition coefficient (Wildman–Crippen LogP) is 4.65. The second-order valence-electron chi connectivity index (χ2n) is 6.81. The van der Waals surface area contributed by atoms with Crippen LogP contribution in [-0.2, 0) is 13.7 Å². The Hall–Kier alpha value is 0.117. The van der Waals surface area contributed by atoms with Crippen molar-refractivity contribution >= 4 is 25.4 Å². The second-order valence-corrected chi connectivity index (χ2v) is 11.2. The van der Waals surface area contributed by atoms with Crippen molar-refractivity contribution in [2.45, 2.75) is 77.8 Å². The molecule has 0 aromatic heterocycles. The first kappa shape index (κ1) is 21.2. The molecule has 2 unspecified atom stereocenters. The summed E-state index contributed by atoms with van der Waals surface area (Å²) >= 11 is 1.49. The third-order valence-electron chi connectivity index (χ3n) is 4.26. The van der Waals surface area contributed by atoms with Gasteiger partial charge in [0.25, 0.3) is 0 Å². The van der Waals surface area contributed by atoms with E-state index in [1.165, 1.54) is 37.4 Å². The molecule has 0 aromatic carbocycles. The van der Waals surface area contributed by atoms with E-state index in [0.717, 1.165) is 50.6 Å². The minimum absolute atomic E-state index is 0.347. The maximum absolute atomic E-state index is 11.8. The summed E-state index contributed by atoms with van der Waals surface area (Å²) in [5.41, 5.74) is 3.08. The molecule has 0 saturated carbocycles. The Bertz CT molecular complexity index is 321. The predicted molar refractivity (Wildman–Crippen MR) is 101 cm³/mol. The number of nitrogens with one attached hydrogen (secondary N) is 1. The van der Waals surface area contributed by atoms with Crippen LogP contribution in [0.3, 0.4) is 0 Å².